The molecular weight excluding hydrogens is 324 g/mol. The zero-order valence-corrected chi connectivity index (χ0v) is 15.7. The van der Waals surface area contributed by atoms with Crippen LogP contribution in [0.5, 0.6) is 0 Å². The Bertz CT molecular complexity index is 514. The first-order valence-corrected chi connectivity index (χ1v) is 10.9. The molecule has 0 fully saturated rings. The largest absolute Gasteiger partial charge is 0.312 e. The third-order valence-corrected chi connectivity index (χ3v) is 7.52. The number of thiophene rings is 1. The summed E-state index contributed by atoms with van der Waals surface area (Å²) >= 11 is 3.05. The van der Waals surface area contributed by atoms with Gasteiger partial charge in [0.15, 0.2) is 0 Å². The Labute approximate surface area is 137 Å². The fraction of sp³-hybridized carbons (Fsp3) is 0.714. The Morgan fingerprint density at radius 3 is 2.67 bits per heavy atom. The summed E-state index contributed by atoms with van der Waals surface area (Å²) in [5, 5.41) is 3.30. The van der Waals surface area contributed by atoms with Crippen molar-refractivity contribution in [2.45, 2.75) is 43.5 Å². The van der Waals surface area contributed by atoms with E-state index >= 15 is 0 Å². The van der Waals surface area contributed by atoms with Crippen molar-refractivity contribution in [3.63, 3.8) is 0 Å². The Morgan fingerprint density at radius 2 is 2.10 bits per heavy atom. The molecule has 1 aromatic rings. The van der Waals surface area contributed by atoms with Gasteiger partial charge in [-0.25, -0.2) is 8.42 Å². The summed E-state index contributed by atoms with van der Waals surface area (Å²) in [6.07, 6.45) is 3.91. The van der Waals surface area contributed by atoms with Crippen LogP contribution >= 0.6 is 23.1 Å². The summed E-state index contributed by atoms with van der Waals surface area (Å²) in [7, 11) is -1.68. The second kappa shape index (κ2) is 9.15. The highest BCUT2D eigenvalue weighted by molar-refractivity contribution is 7.98. The Morgan fingerprint density at radius 1 is 1.38 bits per heavy atom. The van der Waals surface area contributed by atoms with E-state index in [1.807, 2.05) is 19.2 Å². The molecule has 122 valence electrons. The summed E-state index contributed by atoms with van der Waals surface area (Å²) in [6, 6.07) is 3.68. The second-order valence-electron chi connectivity index (χ2n) is 4.94. The SMILES string of the molecule is CCCNCc1ccc(S(=O)(=O)N(C)C(CC)CSC)s1. The Balaban J connectivity index is 2.82. The summed E-state index contributed by atoms with van der Waals surface area (Å²) < 4.78 is 27.3. The summed E-state index contributed by atoms with van der Waals surface area (Å²) in [5.41, 5.74) is 0. The summed E-state index contributed by atoms with van der Waals surface area (Å²) in [4.78, 5) is 1.06. The van der Waals surface area contributed by atoms with Gasteiger partial charge in [0.25, 0.3) is 10.0 Å². The minimum absolute atomic E-state index is 0.0498. The second-order valence-corrected chi connectivity index (χ2v) is 9.24. The number of nitrogens with zero attached hydrogens (tertiary/aromatic N) is 1. The van der Waals surface area contributed by atoms with E-state index in [2.05, 4.69) is 12.2 Å². The number of rotatable bonds is 10. The maximum atomic E-state index is 12.7. The molecule has 1 aromatic heterocycles. The van der Waals surface area contributed by atoms with Crippen LogP contribution in [-0.2, 0) is 16.6 Å². The third-order valence-electron chi connectivity index (χ3n) is 3.34. The van der Waals surface area contributed by atoms with Crippen LogP contribution in [0.1, 0.15) is 31.6 Å². The predicted molar refractivity (Wildman–Crippen MR) is 93.7 cm³/mol. The molecule has 7 heteroatoms. The molecule has 1 atom stereocenters. The van der Waals surface area contributed by atoms with Gasteiger partial charge >= 0.3 is 0 Å². The van der Waals surface area contributed by atoms with Gasteiger partial charge in [-0.1, -0.05) is 13.8 Å². The average molecular weight is 351 g/mol. The van der Waals surface area contributed by atoms with Crippen LogP contribution < -0.4 is 5.32 Å². The van der Waals surface area contributed by atoms with Gasteiger partial charge in [0.05, 0.1) is 0 Å². The molecule has 0 saturated heterocycles. The highest BCUT2D eigenvalue weighted by Crippen LogP contribution is 2.26. The highest BCUT2D eigenvalue weighted by Gasteiger charge is 2.28. The molecule has 4 nitrogen and oxygen atoms in total. The van der Waals surface area contributed by atoms with Crippen LogP contribution in [0.15, 0.2) is 16.3 Å². The standard InChI is InChI=1S/C14H26N2O2S3/c1-5-9-15-10-13-7-8-14(20-13)21(17,18)16(3)12(6-2)11-19-4/h7-8,12,15H,5-6,9-11H2,1-4H3. The zero-order chi connectivity index (χ0) is 15.9. The van der Waals surface area contributed by atoms with Gasteiger partial charge in [0.1, 0.15) is 4.21 Å². The molecule has 21 heavy (non-hydrogen) atoms. The van der Waals surface area contributed by atoms with E-state index in [0.29, 0.717) is 4.21 Å². The molecule has 0 aliphatic heterocycles. The van der Waals surface area contributed by atoms with Gasteiger partial charge in [0, 0.05) is 30.3 Å². The minimum Gasteiger partial charge on any atom is -0.312 e. The van der Waals surface area contributed by atoms with Crippen molar-refractivity contribution in [1.82, 2.24) is 9.62 Å². The number of sulfonamides is 1. The first kappa shape index (κ1) is 19.0. The quantitative estimate of drug-likeness (QED) is 0.659. The first-order valence-electron chi connectivity index (χ1n) is 7.23. The van der Waals surface area contributed by atoms with Gasteiger partial charge in [0.2, 0.25) is 0 Å². The molecule has 0 radical (unpaired) electrons. The Hall–Kier alpha value is -0.0800. The van der Waals surface area contributed by atoms with E-state index < -0.39 is 10.0 Å². The van der Waals surface area contributed by atoms with Crippen molar-refractivity contribution >= 4 is 33.1 Å². The predicted octanol–water partition coefficient (Wildman–Crippen LogP) is 3.01. The van der Waals surface area contributed by atoms with Crippen molar-refractivity contribution in [1.29, 1.82) is 0 Å². The molecule has 0 aliphatic rings. The van der Waals surface area contributed by atoms with E-state index in [1.165, 1.54) is 15.6 Å². The molecule has 1 rings (SSSR count). The highest BCUT2D eigenvalue weighted by atomic mass is 32.2. The average Bonchev–Trinajstić information content (AvgIpc) is 2.94. The van der Waals surface area contributed by atoms with Crippen LogP contribution in [0.3, 0.4) is 0 Å². The van der Waals surface area contributed by atoms with Gasteiger partial charge in [-0.2, -0.15) is 16.1 Å². The normalized spacial score (nSPS) is 13.8. The van der Waals surface area contributed by atoms with Crippen LogP contribution in [-0.4, -0.2) is 44.4 Å². The maximum absolute atomic E-state index is 12.7. The van der Waals surface area contributed by atoms with Crippen LogP contribution in [0.4, 0.5) is 0 Å². The summed E-state index contributed by atoms with van der Waals surface area (Å²) in [6.45, 7) is 5.83. The molecule has 0 aromatic carbocycles. The van der Waals surface area contributed by atoms with Gasteiger partial charge in [-0.15, -0.1) is 11.3 Å². The lowest BCUT2D eigenvalue weighted by atomic mass is 10.3. The van der Waals surface area contributed by atoms with Crippen molar-refractivity contribution in [2.24, 2.45) is 0 Å². The van der Waals surface area contributed by atoms with Gasteiger partial charge in [-0.3, -0.25) is 0 Å². The van der Waals surface area contributed by atoms with Crippen LogP contribution in [0.25, 0.3) is 0 Å². The maximum Gasteiger partial charge on any atom is 0.252 e. The molecule has 0 saturated carbocycles. The van der Waals surface area contributed by atoms with E-state index in [-0.39, 0.29) is 6.04 Å². The van der Waals surface area contributed by atoms with Crippen molar-refractivity contribution in [3.8, 4) is 0 Å². The monoisotopic (exact) mass is 350 g/mol. The molecule has 0 amide bonds. The first-order chi connectivity index (χ1) is 9.97. The molecule has 1 heterocycles. The molecule has 1 N–H and O–H groups in total. The van der Waals surface area contributed by atoms with E-state index in [1.54, 1.807) is 24.9 Å². The van der Waals surface area contributed by atoms with Crippen molar-refractivity contribution in [2.75, 3.05) is 25.6 Å². The molecule has 0 spiro atoms. The van der Waals surface area contributed by atoms with Crippen LogP contribution in [0.2, 0.25) is 0 Å². The number of hydrogen-bond acceptors (Lipinski definition) is 5. The Kier molecular flexibility index (Phi) is 8.26. The lowest BCUT2D eigenvalue weighted by Gasteiger charge is -2.25. The van der Waals surface area contributed by atoms with Crippen molar-refractivity contribution < 1.29 is 8.42 Å². The lowest BCUT2D eigenvalue weighted by molar-refractivity contribution is 0.386. The zero-order valence-electron chi connectivity index (χ0n) is 13.3. The minimum atomic E-state index is -3.37. The van der Waals surface area contributed by atoms with E-state index in [4.69, 9.17) is 0 Å². The molecule has 1 unspecified atom stereocenters. The van der Waals surface area contributed by atoms with Gasteiger partial charge in [-0.05, 0) is 37.8 Å². The number of nitrogens with one attached hydrogen (secondary N) is 1. The van der Waals surface area contributed by atoms with Gasteiger partial charge < -0.3 is 5.32 Å². The topological polar surface area (TPSA) is 49.4 Å². The molecular formula is C14H26N2O2S3. The summed E-state index contributed by atoms with van der Waals surface area (Å²) in [5.74, 6) is 0.822. The fourth-order valence-corrected chi connectivity index (χ4v) is 5.87. The third kappa shape index (κ3) is 5.25. The van der Waals surface area contributed by atoms with E-state index in [0.717, 1.165) is 36.6 Å². The number of hydrogen-bond donors (Lipinski definition) is 1. The van der Waals surface area contributed by atoms with Crippen molar-refractivity contribution in [3.05, 3.63) is 17.0 Å². The van der Waals surface area contributed by atoms with Crippen LogP contribution in [0, 0.1) is 0 Å². The smallest absolute Gasteiger partial charge is 0.252 e. The number of thioether (sulfide) groups is 1. The lowest BCUT2D eigenvalue weighted by Crippen LogP contribution is -2.37. The molecule has 0 bridgehead atoms. The fourth-order valence-electron chi connectivity index (χ4n) is 1.99. The van der Waals surface area contributed by atoms with E-state index in [9.17, 15) is 8.42 Å². The molecule has 0 aliphatic carbocycles.